The third kappa shape index (κ3) is 4.10. The van der Waals surface area contributed by atoms with Crippen molar-refractivity contribution in [3.8, 4) is 0 Å². The summed E-state index contributed by atoms with van der Waals surface area (Å²) in [5.41, 5.74) is 6.05. The minimum atomic E-state index is -0.523. The maximum Gasteiger partial charge on any atom is 0.153 e. The van der Waals surface area contributed by atoms with Crippen LogP contribution in [0.2, 0.25) is 5.02 Å². The number of Topliss-reactive ketones (excluding diaryl/α,β-unsaturated/α-hetero) is 1. The Kier molecular flexibility index (Phi) is 5.59. The topological polar surface area (TPSA) is 43.1 Å². The molecule has 1 aromatic rings. The minimum Gasteiger partial charge on any atom is -0.321 e. The molecule has 0 amide bonds. The van der Waals surface area contributed by atoms with E-state index in [1.54, 1.807) is 12.1 Å². The second kappa shape index (κ2) is 6.72. The number of benzene rings is 1. The third-order valence-electron chi connectivity index (χ3n) is 2.68. The van der Waals surface area contributed by atoms with E-state index in [2.05, 4.69) is 0 Å². The summed E-state index contributed by atoms with van der Waals surface area (Å²) in [6.07, 6.45) is 2.56. The number of hydrogen-bond acceptors (Lipinski definition) is 2. The van der Waals surface area contributed by atoms with Gasteiger partial charge in [-0.05, 0) is 18.1 Å². The fourth-order valence-electron chi connectivity index (χ4n) is 1.59. The molecule has 1 atom stereocenters. The van der Waals surface area contributed by atoms with Crippen molar-refractivity contribution < 1.29 is 9.18 Å². The standard InChI is InChI=1S/C13H17ClFNO/c1-2-3-7-11(16)12(17)8-9-5-4-6-10(14)13(9)15/h4-6,11H,2-3,7-8,16H2,1H3. The molecule has 4 heteroatoms. The third-order valence-corrected chi connectivity index (χ3v) is 2.97. The molecule has 1 rings (SSSR count). The highest BCUT2D eigenvalue weighted by Crippen LogP contribution is 2.18. The second-order valence-corrected chi connectivity index (χ2v) is 4.51. The van der Waals surface area contributed by atoms with Crippen molar-refractivity contribution in [2.45, 2.75) is 38.6 Å². The molecule has 1 unspecified atom stereocenters. The summed E-state index contributed by atoms with van der Waals surface area (Å²) in [5.74, 6) is -0.662. The highest BCUT2D eigenvalue weighted by molar-refractivity contribution is 6.30. The summed E-state index contributed by atoms with van der Waals surface area (Å²) >= 11 is 5.64. The van der Waals surface area contributed by atoms with Crippen LogP contribution in [0, 0.1) is 5.82 Å². The van der Waals surface area contributed by atoms with Crippen LogP contribution in [-0.2, 0) is 11.2 Å². The monoisotopic (exact) mass is 257 g/mol. The summed E-state index contributed by atoms with van der Waals surface area (Å²) in [5, 5.41) is 0.0393. The van der Waals surface area contributed by atoms with Gasteiger partial charge in [0.05, 0.1) is 11.1 Å². The van der Waals surface area contributed by atoms with Crippen LogP contribution in [0.1, 0.15) is 31.7 Å². The predicted octanol–water partition coefficient (Wildman–Crippen LogP) is 3.11. The molecule has 94 valence electrons. The lowest BCUT2D eigenvalue weighted by Crippen LogP contribution is -2.31. The fourth-order valence-corrected chi connectivity index (χ4v) is 1.78. The van der Waals surface area contributed by atoms with Gasteiger partial charge < -0.3 is 5.73 Å². The van der Waals surface area contributed by atoms with E-state index in [1.165, 1.54) is 6.07 Å². The molecular formula is C13H17ClFNO. The first-order valence-electron chi connectivity index (χ1n) is 5.77. The maximum absolute atomic E-state index is 13.6. The molecule has 0 saturated carbocycles. The van der Waals surface area contributed by atoms with Gasteiger partial charge in [-0.3, -0.25) is 4.79 Å². The van der Waals surface area contributed by atoms with Gasteiger partial charge in [-0.1, -0.05) is 43.5 Å². The van der Waals surface area contributed by atoms with Gasteiger partial charge in [-0.2, -0.15) is 0 Å². The minimum absolute atomic E-state index is 0.0112. The quantitative estimate of drug-likeness (QED) is 0.851. The van der Waals surface area contributed by atoms with Gasteiger partial charge in [0.15, 0.2) is 5.78 Å². The summed E-state index contributed by atoms with van der Waals surface area (Å²) < 4.78 is 13.6. The lowest BCUT2D eigenvalue weighted by Gasteiger charge is -2.10. The first kappa shape index (κ1) is 14.1. The van der Waals surface area contributed by atoms with E-state index < -0.39 is 11.9 Å². The van der Waals surface area contributed by atoms with Gasteiger partial charge in [0.25, 0.3) is 0 Å². The number of rotatable bonds is 6. The van der Waals surface area contributed by atoms with Crippen molar-refractivity contribution in [3.63, 3.8) is 0 Å². The number of halogens is 2. The number of carbonyl (C=O) groups excluding carboxylic acids is 1. The van der Waals surface area contributed by atoms with Crippen molar-refractivity contribution >= 4 is 17.4 Å². The zero-order valence-corrected chi connectivity index (χ0v) is 10.6. The summed E-state index contributed by atoms with van der Waals surface area (Å²) in [6, 6.07) is 4.15. The Hall–Kier alpha value is -0.930. The highest BCUT2D eigenvalue weighted by atomic mass is 35.5. The van der Waals surface area contributed by atoms with Crippen molar-refractivity contribution in [2.75, 3.05) is 0 Å². The molecule has 1 aromatic carbocycles. The van der Waals surface area contributed by atoms with Crippen LogP contribution >= 0.6 is 11.6 Å². The van der Waals surface area contributed by atoms with Gasteiger partial charge >= 0.3 is 0 Å². The molecule has 2 N–H and O–H groups in total. The Labute approximate surface area is 106 Å². The van der Waals surface area contributed by atoms with E-state index in [1.807, 2.05) is 6.92 Å². The van der Waals surface area contributed by atoms with E-state index in [0.29, 0.717) is 12.0 Å². The first-order valence-corrected chi connectivity index (χ1v) is 6.15. The van der Waals surface area contributed by atoms with E-state index in [-0.39, 0.29) is 17.2 Å². The largest absolute Gasteiger partial charge is 0.321 e. The fraction of sp³-hybridized carbons (Fsp3) is 0.462. The van der Waals surface area contributed by atoms with E-state index >= 15 is 0 Å². The maximum atomic E-state index is 13.6. The summed E-state index contributed by atoms with van der Waals surface area (Å²) in [6.45, 7) is 2.04. The lowest BCUT2D eigenvalue weighted by molar-refractivity contribution is -0.119. The second-order valence-electron chi connectivity index (χ2n) is 4.10. The summed E-state index contributed by atoms with van der Waals surface area (Å²) in [4.78, 5) is 11.7. The van der Waals surface area contributed by atoms with Crippen LogP contribution in [0.25, 0.3) is 0 Å². The Morgan fingerprint density at radius 2 is 2.24 bits per heavy atom. The Morgan fingerprint density at radius 3 is 2.88 bits per heavy atom. The number of nitrogens with two attached hydrogens (primary N) is 1. The zero-order valence-electron chi connectivity index (χ0n) is 9.88. The molecule has 2 nitrogen and oxygen atoms in total. The average molecular weight is 258 g/mol. The van der Waals surface area contributed by atoms with Crippen LogP contribution in [0.4, 0.5) is 4.39 Å². The molecule has 0 spiro atoms. The highest BCUT2D eigenvalue weighted by Gasteiger charge is 2.16. The van der Waals surface area contributed by atoms with Crippen LogP contribution in [-0.4, -0.2) is 11.8 Å². The number of carbonyl (C=O) groups is 1. The van der Waals surface area contributed by atoms with E-state index in [0.717, 1.165) is 12.8 Å². The van der Waals surface area contributed by atoms with Crippen LogP contribution in [0.15, 0.2) is 18.2 Å². The summed E-state index contributed by atoms with van der Waals surface area (Å²) in [7, 11) is 0. The lowest BCUT2D eigenvalue weighted by atomic mass is 10.00. The number of unbranched alkanes of at least 4 members (excludes halogenated alkanes) is 1. The van der Waals surface area contributed by atoms with Crippen LogP contribution in [0.3, 0.4) is 0 Å². The normalized spacial score (nSPS) is 12.5. The predicted molar refractivity (Wildman–Crippen MR) is 67.6 cm³/mol. The van der Waals surface area contributed by atoms with Crippen LogP contribution in [0.5, 0.6) is 0 Å². The van der Waals surface area contributed by atoms with Crippen molar-refractivity contribution in [1.82, 2.24) is 0 Å². The molecule has 0 radical (unpaired) electrons. The molecule has 0 fully saturated rings. The smallest absolute Gasteiger partial charge is 0.153 e. The van der Waals surface area contributed by atoms with Gasteiger partial charge in [0.2, 0.25) is 0 Å². The van der Waals surface area contributed by atoms with Crippen molar-refractivity contribution in [2.24, 2.45) is 5.73 Å². The van der Waals surface area contributed by atoms with Crippen molar-refractivity contribution in [3.05, 3.63) is 34.6 Å². The molecule has 0 aromatic heterocycles. The number of ketones is 1. The number of hydrogen-bond donors (Lipinski definition) is 1. The van der Waals surface area contributed by atoms with Gasteiger partial charge in [0, 0.05) is 6.42 Å². The van der Waals surface area contributed by atoms with Crippen molar-refractivity contribution in [1.29, 1.82) is 0 Å². The first-order chi connectivity index (χ1) is 8.06. The van der Waals surface area contributed by atoms with E-state index in [4.69, 9.17) is 17.3 Å². The molecule has 0 bridgehead atoms. The molecule has 0 saturated heterocycles. The van der Waals surface area contributed by atoms with E-state index in [9.17, 15) is 9.18 Å². The molecule has 0 heterocycles. The Balaban J connectivity index is 2.64. The zero-order chi connectivity index (χ0) is 12.8. The molecule has 0 aliphatic rings. The average Bonchev–Trinajstić information content (AvgIpc) is 2.31. The molecule has 0 aliphatic heterocycles. The Bertz CT molecular complexity index is 395. The van der Waals surface area contributed by atoms with Gasteiger partial charge in [-0.25, -0.2) is 4.39 Å². The SMILES string of the molecule is CCCCC(N)C(=O)Cc1cccc(Cl)c1F. The Morgan fingerprint density at radius 1 is 1.53 bits per heavy atom. The van der Waals surface area contributed by atoms with Gasteiger partial charge in [0.1, 0.15) is 5.82 Å². The molecular weight excluding hydrogens is 241 g/mol. The molecule has 0 aliphatic carbocycles. The van der Waals surface area contributed by atoms with Gasteiger partial charge in [-0.15, -0.1) is 0 Å². The van der Waals surface area contributed by atoms with Crippen LogP contribution < -0.4 is 5.73 Å². The molecule has 17 heavy (non-hydrogen) atoms.